The highest BCUT2D eigenvalue weighted by Crippen LogP contribution is 2.22. The van der Waals surface area contributed by atoms with Crippen molar-refractivity contribution in [1.82, 2.24) is 19.2 Å². The van der Waals surface area contributed by atoms with Crippen LogP contribution in [0.25, 0.3) is 5.69 Å². The summed E-state index contributed by atoms with van der Waals surface area (Å²) in [4.78, 5) is 16.9. The van der Waals surface area contributed by atoms with Crippen LogP contribution >= 0.6 is 11.6 Å². The number of hydrogen-bond acceptors (Lipinski definition) is 4. The lowest BCUT2D eigenvalue weighted by Gasteiger charge is -2.25. The zero-order valence-electron chi connectivity index (χ0n) is 16.9. The summed E-state index contributed by atoms with van der Waals surface area (Å²) in [5.41, 5.74) is 1.80. The third kappa shape index (κ3) is 4.81. The van der Waals surface area contributed by atoms with Crippen molar-refractivity contribution >= 4 is 27.5 Å². The number of amides is 1. The molecule has 0 saturated carbocycles. The standard InChI is InChI=1S/C22H23ClN4O3S/c23-20-7-3-2-6-17(20)14-24-22(28)21-15-26(16-25-21)18-8-10-19(11-9-18)31(29,30)27-12-4-1-5-13-27/h2-3,6-11,15-16H,1,4-5,12-14H2,(H,24,28). The molecule has 9 heteroatoms. The average molecular weight is 459 g/mol. The van der Waals surface area contributed by atoms with Gasteiger partial charge in [0.25, 0.3) is 5.91 Å². The SMILES string of the molecule is O=C(NCc1ccccc1Cl)c1cn(-c2ccc(S(=O)(=O)N3CCCCC3)cc2)cn1. The third-order valence-corrected chi connectivity index (χ3v) is 7.58. The third-order valence-electron chi connectivity index (χ3n) is 5.30. The van der Waals surface area contributed by atoms with Crippen molar-refractivity contribution in [2.45, 2.75) is 30.7 Å². The number of carbonyl (C=O) groups excluding carboxylic acids is 1. The number of piperidine rings is 1. The summed E-state index contributed by atoms with van der Waals surface area (Å²) in [7, 11) is -3.47. The minimum Gasteiger partial charge on any atom is -0.347 e. The van der Waals surface area contributed by atoms with Crippen molar-refractivity contribution in [3.8, 4) is 5.69 Å². The van der Waals surface area contributed by atoms with E-state index in [1.54, 1.807) is 45.4 Å². The second-order valence-corrected chi connectivity index (χ2v) is 9.74. The number of sulfonamides is 1. The predicted octanol–water partition coefficient (Wildman–Crippen LogP) is 3.63. The van der Waals surface area contributed by atoms with Crippen molar-refractivity contribution in [3.05, 3.63) is 77.3 Å². The molecule has 1 fully saturated rings. The van der Waals surface area contributed by atoms with Crippen LogP contribution in [0.1, 0.15) is 35.3 Å². The van der Waals surface area contributed by atoms with Crippen LogP contribution < -0.4 is 5.32 Å². The van der Waals surface area contributed by atoms with Crippen LogP contribution in [0.5, 0.6) is 0 Å². The molecular formula is C22H23ClN4O3S. The second-order valence-electron chi connectivity index (χ2n) is 7.40. The molecule has 0 radical (unpaired) electrons. The largest absolute Gasteiger partial charge is 0.347 e. The van der Waals surface area contributed by atoms with E-state index in [4.69, 9.17) is 11.6 Å². The highest BCUT2D eigenvalue weighted by molar-refractivity contribution is 7.89. The van der Waals surface area contributed by atoms with Gasteiger partial charge in [0.2, 0.25) is 10.0 Å². The summed E-state index contributed by atoms with van der Waals surface area (Å²) in [5.74, 6) is -0.317. The summed E-state index contributed by atoms with van der Waals surface area (Å²) >= 11 is 6.12. The summed E-state index contributed by atoms with van der Waals surface area (Å²) in [5, 5.41) is 3.39. The Hall–Kier alpha value is -2.68. The molecule has 3 aromatic rings. The second kappa shape index (κ2) is 9.21. The Morgan fingerprint density at radius 2 is 1.74 bits per heavy atom. The Morgan fingerprint density at radius 3 is 2.45 bits per heavy atom. The van der Waals surface area contributed by atoms with E-state index in [9.17, 15) is 13.2 Å². The van der Waals surface area contributed by atoms with Gasteiger partial charge in [0.15, 0.2) is 0 Å². The van der Waals surface area contributed by atoms with E-state index in [-0.39, 0.29) is 16.5 Å². The molecule has 1 amide bonds. The van der Waals surface area contributed by atoms with Gasteiger partial charge >= 0.3 is 0 Å². The minimum atomic E-state index is -3.47. The molecule has 1 N–H and O–H groups in total. The maximum atomic E-state index is 12.8. The van der Waals surface area contributed by atoms with Gasteiger partial charge in [-0.2, -0.15) is 4.31 Å². The molecule has 2 heterocycles. The normalized spacial score (nSPS) is 15.0. The lowest BCUT2D eigenvalue weighted by Crippen LogP contribution is -2.35. The molecule has 7 nitrogen and oxygen atoms in total. The van der Waals surface area contributed by atoms with Gasteiger partial charge in [0.05, 0.1) is 4.90 Å². The average Bonchev–Trinajstić information content (AvgIpc) is 3.29. The molecule has 2 aromatic carbocycles. The molecule has 0 bridgehead atoms. The number of nitrogens with zero attached hydrogens (tertiary/aromatic N) is 3. The molecule has 31 heavy (non-hydrogen) atoms. The summed E-state index contributed by atoms with van der Waals surface area (Å²) < 4.78 is 28.8. The first-order chi connectivity index (χ1) is 14.9. The van der Waals surface area contributed by atoms with Crippen LogP contribution in [0.4, 0.5) is 0 Å². The number of hydrogen-bond donors (Lipinski definition) is 1. The van der Waals surface area contributed by atoms with E-state index in [1.165, 1.54) is 6.33 Å². The Bertz CT molecular complexity index is 1170. The Balaban J connectivity index is 1.44. The molecule has 1 aromatic heterocycles. The quantitative estimate of drug-likeness (QED) is 0.611. The van der Waals surface area contributed by atoms with Crippen molar-refractivity contribution < 1.29 is 13.2 Å². The number of halogens is 1. The smallest absolute Gasteiger partial charge is 0.271 e. The summed E-state index contributed by atoms with van der Waals surface area (Å²) in [6.07, 6.45) is 6.00. The van der Waals surface area contributed by atoms with Crippen LogP contribution in [0.15, 0.2) is 66.0 Å². The van der Waals surface area contributed by atoms with Crippen molar-refractivity contribution in [2.24, 2.45) is 0 Å². The lowest BCUT2D eigenvalue weighted by molar-refractivity contribution is 0.0946. The molecule has 1 aliphatic heterocycles. The minimum absolute atomic E-state index is 0.261. The van der Waals surface area contributed by atoms with Crippen molar-refractivity contribution in [2.75, 3.05) is 13.1 Å². The topological polar surface area (TPSA) is 84.3 Å². The highest BCUT2D eigenvalue weighted by Gasteiger charge is 2.25. The lowest BCUT2D eigenvalue weighted by atomic mass is 10.2. The Morgan fingerprint density at radius 1 is 1.03 bits per heavy atom. The van der Waals surface area contributed by atoms with Gasteiger partial charge < -0.3 is 9.88 Å². The summed E-state index contributed by atoms with van der Waals surface area (Å²) in [6.45, 7) is 1.44. The Labute approximate surface area is 186 Å². The van der Waals surface area contributed by atoms with E-state index in [2.05, 4.69) is 10.3 Å². The van der Waals surface area contributed by atoms with Crippen LogP contribution in [0.3, 0.4) is 0 Å². The molecule has 0 atom stereocenters. The molecule has 162 valence electrons. The van der Waals surface area contributed by atoms with Gasteiger partial charge in [-0.3, -0.25) is 4.79 Å². The fourth-order valence-electron chi connectivity index (χ4n) is 3.53. The highest BCUT2D eigenvalue weighted by atomic mass is 35.5. The molecule has 0 aliphatic carbocycles. The summed E-state index contributed by atoms with van der Waals surface area (Å²) in [6, 6.07) is 13.9. The van der Waals surface area contributed by atoms with Gasteiger partial charge in [-0.15, -0.1) is 0 Å². The molecule has 0 spiro atoms. The van der Waals surface area contributed by atoms with E-state index < -0.39 is 10.0 Å². The van der Waals surface area contributed by atoms with E-state index in [0.29, 0.717) is 24.7 Å². The van der Waals surface area contributed by atoms with Crippen LogP contribution in [0, 0.1) is 0 Å². The fourth-order valence-corrected chi connectivity index (χ4v) is 5.25. The van der Waals surface area contributed by atoms with Gasteiger partial charge in [0, 0.05) is 36.5 Å². The first kappa shape index (κ1) is 21.5. The Kier molecular flexibility index (Phi) is 6.41. The number of imidazole rings is 1. The zero-order chi connectivity index (χ0) is 21.8. The van der Waals surface area contributed by atoms with Crippen molar-refractivity contribution in [1.29, 1.82) is 0 Å². The molecule has 1 aliphatic rings. The molecule has 1 saturated heterocycles. The number of benzene rings is 2. The monoisotopic (exact) mass is 458 g/mol. The molecular weight excluding hydrogens is 436 g/mol. The van der Waals surface area contributed by atoms with E-state index in [1.807, 2.05) is 18.2 Å². The zero-order valence-corrected chi connectivity index (χ0v) is 18.4. The first-order valence-corrected chi connectivity index (χ1v) is 11.9. The number of aromatic nitrogens is 2. The van der Waals surface area contributed by atoms with Gasteiger partial charge in [-0.05, 0) is 48.7 Å². The van der Waals surface area contributed by atoms with E-state index in [0.717, 1.165) is 30.5 Å². The van der Waals surface area contributed by atoms with Gasteiger partial charge in [-0.25, -0.2) is 13.4 Å². The number of nitrogens with one attached hydrogen (secondary N) is 1. The molecule has 4 rings (SSSR count). The van der Waals surface area contributed by atoms with Crippen LogP contribution in [-0.4, -0.2) is 41.3 Å². The van der Waals surface area contributed by atoms with Gasteiger partial charge in [0.1, 0.15) is 12.0 Å². The predicted molar refractivity (Wildman–Crippen MR) is 119 cm³/mol. The van der Waals surface area contributed by atoms with E-state index >= 15 is 0 Å². The van der Waals surface area contributed by atoms with Crippen molar-refractivity contribution in [3.63, 3.8) is 0 Å². The van der Waals surface area contributed by atoms with Gasteiger partial charge in [-0.1, -0.05) is 36.2 Å². The van der Waals surface area contributed by atoms with Crippen LogP contribution in [0.2, 0.25) is 5.02 Å². The maximum absolute atomic E-state index is 12.8. The molecule has 0 unspecified atom stereocenters. The first-order valence-electron chi connectivity index (χ1n) is 10.1. The van der Waals surface area contributed by atoms with Crippen LogP contribution in [-0.2, 0) is 16.6 Å². The number of rotatable bonds is 6. The maximum Gasteiger partial charge on any atom is 0.271 e. The fraction of sp³-hybridized carbons (Fsp3) is 0.273. The number of carbonyl (C=O) groups is 1.